The largest absolute Gasteiger partial charge is 0.0819 e. The molecule has 0 spiro atoms. The molecule has 0 aromatic rings. The van der Waals surface area contributed by atoms with Crippen molar-refractivity contribution in [2.24, 2.45) is 5.92 Å². The molecule has 0 saturated heterocycles. The van der Waals surface area contributed by atoms with Crippen molar-refractivity contribution in [3.63, 3.8) is 0 Å². The van der Waals surface area contributed by atoms with Gasteiger partial charge in [0.15, 0.2) is 0 Å². The third-order valence-electron chi connectivity index (χ3n) is 1.31. The fraction of sp³-hybridized carbons (Fsp3) is 0.429. The quantitative estimate of drug-likeness (QED) is 0.389. The average Bonchev–Trinajstić information content (AvgIpc) is 2.12. The van der Waals surface area contributed by atoms with Crippen molar-refractivity contribution in [2.75, 3.05) is 0 Å². The standard InChI is InChI=1S/C7H9I.Ti/c1-6(8)7-4-2-3-5-7;/h2-7H,1H3;. The molecule has 0 radical (unpaired) electrons. The van der Waals surface area contributed by atoms with Gasteiger partial charge in [0.2, 0.25) is 0 Å². The molecule has 0 amide bonds. The van der Waals surface area contributed by atoms with Gasteiger partial charge >= 0.3 is 0 Å². The summed E-state index contributed by atoms with van der Waals surface area (Å²) < 4.78 is 0.739. The van der Waals surface area contributed by atoms with Crippen molar-refractivity contribution in [1.29, 1.82) is 0 Å². The Morgan fingerprint density at radius 2 is 1.78 bits per heavy atom. The zero-order chi connectivity index (χ0) is 5.98. The van der Waals surface area contributed by atoms with Crippen LogP contribution in [-0.2, 0) is 21.7 Å². The van der Waals surface area contributed by atoms with Crippen LogP contribution in [0.3, 0.4) is 0 Å². The van der Waals surface area contributed by atoms with E-state index in [0.29, 0.717) is 5.92 Å². The van der Waals surface area contributed by atoms with Gasteiger partial charge in [0.05, 0.1) is 0 Å². The molecule has 1 atom stereocenters. The normalized spacial score (nSPS) is 19.8. The topological polar surface area (TPSA) is 0 Å². The van der Waals surface area contributed by atoms with Gasteiger partial charge in [0.1, 0.15) is 0 Å². The van der Waals surface area contributed by atoms with E-state index in [0.717, 1.165) is 3.92 Å². The van der Waals surface area contributed by atoms with Crippen molar-refractivity contribution in [2.45, 2.75) is 10.8 Å². The van der Waals surface area contributed by atoms with Crippen LogP contribution in [0, 0.1) is 5.92 Å². The van der Waals surface area contributed by atoms with Gasteiger partial charge in [0, 0.05) is 31.6 Å². The van der Waals surface area contributed by atoms with E-state index in [1.807, 2.05) is 0 Å². The summed E-state index contributed by atoms with van der Waals surface area (Å²) in [6.07, 6.45) is 8.69. The summed E-state index contributed by atoms with van der Waals surface area (Å²) >= 11 is 2.44. The first-order valence-corrected chi connectivity index (χ1v) is 4.04. The van der Waals surface area contributed by atoms with E-state index in [2.05, 4.69) is 53.8 Å². The fourth-order valence-electron chi connectivity index (χ4n) is 0.755. The first-order chi connectivity index (χ1) is 3.80. The first-order valence-electron chi connectivity index (χ1n) is 2.80. The molecule has 1 unspecified atom stereocenters. The maximum atomic E-state index is 2.44. The van der Waals surface area contributed by atoms with E-state index in [1.165, 1.54) is 0 Å². The molecule has 2 heteroatoms. The van der Waals surface area contributed by atoms with Gasteiger partial charge in [-0.3, -0.25) is 0 Å². The minimum atomic E-state index is 0. The smallest absolute Gasteiger partial charge is 0.0179 e. The van der Waals surface area contributed by atoms with Crippen molar-refractivity contribution in [3.05, 3.63) is 24.3 Å². The minimum Gasteiger partial charge on any atom is -0.0819 e. The molecule has 0 saturated carbocycles. The Hall–Kier alpha value is 0.924. The summed E-state index contributed by atoms with van der Waals surface area (Å²) in [5.74, 6) is 0.690. The molecule has 0 aromatic carbocycles. The minimum absolute atomic E-state index is 0. The van der Waals surface area contributed by atoms with Gasteiger partial charge in [-0.15, -0.1) is 0 Å². The summed E-state index contributed by atoms with van der Waals surface area (Å²) in [5, 5.41) is 0. The molecular weight excluding hydrogens is 259 g/mol. The van der Waals surface area contributed by atoms with E-state index in [4.69, 9.17) is 0 Å². The second kappa shape index (κ2) is 4.70. The van der Waals surface area contributed by atoms with Crippen molar-refractivity contribution >= 4 is 22.6 Å². The van der Waals surface area contributed by atoms with Crippen LogP contribution in [0.2, 0.25) is 0 Å². The van der Waals surface area contributed by atoms with Crippen LogP contribution in [0.15, 0.2) is 24.3 Å². The Morgan fingerprint density at radius 1 is 1.33 bits per heavy atom. The Labute approximate surface area is 84.8 Å². The number of alkyl halides is 1. The number of hydrogen-bond acceptors (Lipinski definition) is 0. The number of allylic oxidation sites excluding steroid dienone is 4. The predicted octanol–water partition coefficient (Wildman–Crippen LogP) is 2.55. The molecule has 0 aliphatic heterocycles. The Bertz CT molecular complexity index is 115. The molecule has 1 aliphatic rings. The van der Waals surface area contributed by atoms with Crippen molar-refractivity contribution < 1.29 is 21.7 Å². The summed E-state index contributed by atoms with van der Waals surface area (Å²) in [4.78, 5) is 0. The zero-order valence-corrected chi connectivity index (χ0v) is 9.06. The maximum absolute atomic E-state index is 2.44. The van der Waals surface area contributed by atoms with Crippen LogP contribution < -0.4 is 0 Å². The molecule has 0 nitrogen and oxygen atoms in total. The molecule has 1 rings (SSSR count). The van der Waals surface area contributed by atoms with Crippen LogP contribution in [-0.4, -0.2) is 3.92 Å². The number of hydrogen-bond donors (Lipinski definition) is 0. The van der Waals surface area contributed by atoms with E-state index in [9.17, 15) is 0 Å². The fourth-order valence-corrected chi connectivity index (χ4v) is 1.23. The molecule has 48 valence electrons. The molecule has 0 fully saturated rings. The summed E-state index contributed by atoms with van der Waals surface area (Å²) in [7, 11) is 0. The van der Waals surface area contributed by atoms with Crippen LogP contribution in [0.5, 0.6) is 0 Å². The Balaban J connectivity index is 0.000000640. The molecule has 9 heavy (non-hydrogen) atoms. The summed E-state index contributed by atoms with van der Waals surface area (Å²) in [5.41, 5.74) is 0. The Kier molecular flexibility index (Phi) is 5.18. The van der Waals surface area contributed by atoms with Gasteiger partial charge in [-0.1, -0.05) is 53.8 Å². The first kappa shape index (κ1) is 9.92. The molecule has 0 aromatic heterocycles. The number of rotatable bonds is 1. The van der Waals surface area contributed by atoms with E-state index in [-0.39, 0.29) is 21.7 Å². The van der Waals surface area contributed by atoms with Crippen molar-refractivity contribution in [3.8, 4) is 0 Å². The van der Waals surface area contributed by atoms with E-state index >= 15 is 0 Å². The van der Waals surface area contributed by atoms with Gasteiger partial charge in [-0.2, -0.15) is 0 Å². The van der Waals surface area contributed by atoms with Crippen LogP contribution in [0.4, 0.5) is 0 Å². The van der Waals surface area contributed by atoms with Gasteiger partial charge in [-0.25, -0.2) is 0 Å². The Morgan fingerprint density at radius 3 is 2.00 bits per heavy atom. The van der Waals surface area contributed by atoms with E-state index in [1.54, 1.807) is 0 Å². The van der Waals surface area contributed by atoms with Crippen LogP contribution in [0.25, 0.3) is 0 Å². The second-order valence-electron chi connectivity index (χ2n) is 2.02. The van der Waals surface area contributed by atoms with Gasteiger partial charge < -0.3 is 0 Å². The molecular formula is C7H9ITi. The van der Waals surface area contributed by atoms with Gasteiger partial charge in [-0.05, 0) is 0 Å². The number of halogens is 1. The third kappa shape index (κ3) is 3.01. The molecule has 1 aliphatic carbocycles. The summed E-state index contributed by atoms with van der Waals surface area (Å²) in [6, 6.07) is 0. The van der Waals surface area contributed by atoms with Crippen LogP contribution >= 0.6 is 22.6 Å². The second-order valence-corrected chi connectivity index (χ2v) is 3.99. The van der Waals surface area contributed by atoms with Crippen LogP contribution in [0.1, 0.15) is 6.92 Å². The summed E-state index contributed by atoms with van der Waals surface area (Å²) in [6.45, 7) is 2.23. The average molecular weight is 268 g/mol. The molecule has 0 N–H and O–H groups in total. The predicted molar refractivity (Wildman–Crippen MR) is 45.3 cm³/mol. The molecule has 0 heterocycles. The van der Waals surface area contributed by atoms with Gasteiger partial charge in [0.25, 0.3) is 0 Å². The monoisotopic (exact) mass is 268 g/mol. The third-order valence-corrected chi connectivity index (χ3v) is 2.14. The maximum Gasteiger partial charge on any atom is 0.0179 e. The van der Waals surface area contributed by atoms with Crippen molar-refractivity contribution in [1.82, 2.24) is 0 Å². The molecule has 0 bridgehead atoms. The van der Waals surface area contributed by atoms with E-state index < -0.39 is 0 Å². The SMILES string of the molecule is CC(I)C1C=CC=C1.[Ti]. The zero-order valence-electron chi connectivity index (χ0n) is 5.34.